The summed E-state index contributed by atoms with van der Waals surface area (Å²) in [4.78, 5) is 4.99. The Hall–Kier alpha value is -0.120. The monoisotopic (exact) mass is 211 g/mol. The van der Waals surface area contributed by atoms with Crippen LogP contribution in [0.1, 0.15) is 19.8 Å². The molecule has 3 nitrogen and oxygen atoms in total. The maximum atomic E-state index is 3.66. The van der Waals surface area contributed by atoms with Gasteiger partial charge in [0.1, 0.15) is 0 Å². The Morgan fingerprint density at radius 1 is 1.20 bits per heavy atom. The first-order valence-electron chi connectivity index (χ1n) is 6.44. The van der Waals surface area contributed by atoms with Crippen LogP contribution in [-0.4, -0.2) is 62.2 Å². The van der Waals surface area contributed by atoms with Gasteiger partial charge in [0.25, 0.3) is 0 Å². The average Bonchev–Trinajstić information content (AvgIpc) is 3.00. The molecule has 2 unspecified atom stereocenters. The maximum absolute atomic E-state index is 3.66. The molecular weight excluding hydrogens is 186 g/mol. The predicted octanol–water partition coefficient (Wildman–Crippen LogP) is 0.622. The van der Waals surface area contributed by atoms with Crippen LogP contribution in [0.25, 0.3) is 0 Å². The van der Waals surface area contributed by atoms with E-state index < -0.39 is 0 Å². The van der Waals surface area contributed by atoms with E-state index in [0.717, 1.165) is 12.0 Å². The number of rotatable bonds is 5. The van der Waals surface area contributed by atoms with Gasteiger partial charge in [-0.15, -0.1) is 0 Å². The standard InChI is InChI=1S/C12H25N3/c1-3-11-10-12(11)13-4-5-15-8-6-14(2)7-9-15/h11-13H,3-10H2,1-2H3. The van der Waals surface area contributed by atoms with Crippen molar-refractivity contribution in [1.82, 2.24) is 15.1 Å². The first kappa shape index (κ1) is 11.4. The van der Waals surface area contributed by atoms with Crippen molar-refractivity contribution in [3.05, 3.63) is 0 Å². The molecule has 15 heavy (non-hydrogen) atoms. The molecular formula is C12H25N3. The molecule has 1 saturated carbocycles. The van der Waals surface area contributed by atoms with Crippen LogP contribution >= 0.6 is 0 Å². The number of nitrogens with one attached hydrogen (secondary N) is 1. The van der Waals surface area contributed by atoms with Gasteiger partial charge >= 0.3 is 0 Å². The van der Waals surface area contributed by atoms with Crippen LogP contribution in [0.3, 0.4) is 0 Å². The van der Waals surface area contributed by atoms with E-state index in [1.54, 1.807) is 0 Å². The smallest absolute Gasteiger partial charge is 0.0110 e. The van der Waals surface area contributed by atoms with Gasteiger partial charge in [-0.05, 0) is 19.4 Å². The Bertz CT molecular complexity index is 187. The van der Waals surface area contributed by atoms with E-state index in [2.05, 4.69) is 29.1 Å². The summed E-state index contributed by atoms with van der Waals surface area (Å²) >= 11 is 0. The SMILES string of the molecule is CCC1CC1NCCN1CCN(C)CC1. The summed E-state index contributed by atoms with van der Waals surface area (Å²) in [5.41, 5.74) is 0. The van der Waals surface area contributed by atoms with E-state index in [0.29, 0.717) is 0 Å². The highest BCUT2D eigenvalue weighted by molar-refractivity contribution is 4.92. The molecule has 1 aliphatic carbocycles. The molecule has 1 heterocycles. The highest BCUT2D eigenvalue weighted by atomic mass is 15.2. The van der Waals surface area contributed by atoms with Crippen molar-refractivity contribution in [2.45, 2.75) is 25.8 Å². The molecule has 1 N–H and O–H groups in total. The first-order valence-corrected chi connectivity index (χ1v) is 6.44. The topological polar surface area (TPSA) is 18.5 Å². The Balaban J connectivity index is 1.51. The minimum Gasteiger partial charge on any atom is -0.312 e. The van der Waals surface area contributed by atoms with E-state index in [4.69, 9.17) is 0 Å². The fourth-order valence-electron chi connectivity index (χ4n) is 2.43. The average molecular weight is 211 g/mol. The third-order valence-corrected chi connectivity index (χ3v) is 3.88. The largest absolute Gasteiger partial charge is 0.312 e. The Labute approximate surface area is 93.8 Å². The van der Waals surface area contributed by atoms with Crippen LogP contribution in [0.5, 0.6) is 0 Å². The van der Waals surface area contributed by atoms with Gasteiger partial charge in [0.2, 0.25) is 0 Å². The summed E-state index contributed by atoms with van der Waals surface area (Å²) in [5, 5.41) is 3.66. The Kier molecular flexibility index (Phi) is 4.00. The Morgan fingerprint density at radius 2 is 1.93 bits per heavy atom. The molecule has 0 bridgehead atoms. The molecule has 0 aromatic heterocycles. The number of hydrogen-bond donors (Lipinski definition) is 1. The highest BCUT2D eigenvalue weighted by Gasteiger charge is 2.34. The lowest BCUT2D eigenvalue weighted by atomic mass is 10.3. The Morgan fingerprint density at radius 3 is 2.53 bits per heavy atom. The molecule has 1 saturated heterocycles. The predicted molar refractivity (Wildman–Crippen MR) is 64.1 cm³/mol. The number of hydrogen-bond acceptors (Lipinski definition) is 3. The third kappa shape index (κ3) is 3.44. The summed E-state index contributed by atoms with van der Waals surface area (Å²) in [6.07, 6.45) is 2.77. The van der Waals surface area contributed by atoms with E-state index in [1.165, 1.54) is 52.1 Å². The molecule has 2 fully saturated rings. The normalized spacial score (nSPS) is 33.2. The molecule has 3 heteroatoms. The van der Waals surface area contributed by atoms with Crippen LogP contribution < -0.4 is 5.32 Å². The summed E-state index contributed by atoms with van der Waals surface area (Å²) < 4.78 is 0. The second-order valence-electron chi connectivity index (χ2n) is 5.11. The molecule has 0 radical (unpaired) electrons. The second kappa shape index (κ2) is 5.28. The number of piperazine rings is 1. The van der Waals surface area contributed by atoms with Crippen LogP contribution in [0.4, 0.5) is 0 Å². The summed E-state index contributed by atoms with van der Waals surface area (Å²) in [5.74, 6) is 0.984. The molecule has 0 spiro atoms. The van der Waals surface area contributed by atoms with Gasteiger partial charge in [-0.25, -0.2) is 0 Å². The fraction of sp³-hybridized carbons (Fsp3) is 1.00. The van der Waals surface area contributed by atoms with Crippen LogP contribution in [0.15, 0.2) is 0 Å². The van der Waals surface area contributed by atoms with Gasteiger partial charge in [0.05, 0.1) is 0 Å². The van der Waals surface area contributed by atoms with Crippen molar-refractivity contribution in [2.24, 2.45) is 5.92 Å². The molecule has 2 rings (SSSR count). The van der Waals surface area contributed by atoms with E-state index in [1.807, 2.05) is 0 Å². The zero-order valence-corrected chi connectivity index (χ0v) is 10.2. The van der Waals surface area contributed by atoms with Gasteiger partial charge in [-0.1, -0.05) is 13.3 Å². The minimum absolute atomic E-state index is 0.850. The van der Waals surface area contributed by atoms with Gasteiger partial charge < -0.3 is 10.2 Å². The summed E-state index contributed by atoms with van der Waals surface area (Å²) in [6, 6.07) is 0.850. The van der Waals surface area contributed by atoms with E-state index >= 15 is 0 Å². The van der Waals surface area contributed by atoms with E-state index in [9.17, 15) is 0 Å². The van der Waals surface area contributed by atoms with Crippen molar-refractivity contribution in [2.75, 3.05) is 46.3 Å². The lowest BCUT2D eigenvalue weighted by Crippen LogP contribution is -2.46. The van der Waals surface area contributed by atoms with Crippen molar-refractivity contribution in [3.63, 3.8) is 0 Å². The summed E-state index contributed by atoms with van der Waals surface area (Å²) in [7, 11) is 2.21. The van der Waals surface area contributed by atoms with Gasteiger partial charge in [0, 0.05) is 45.3 Å². The zero-order valence-electron chi connectivity index (χ0n) is 10.2. The zero-order chi connectivity index (χ0) is 10.7. The highest BCUT2D eigenvalue weighted by Crippen LogP contribution is 2.32. The maximum Gasteiger partial charge on any atom is 0.0110 e. The fourth-order valence-corrected chi connectivity index (χ4v) is 2.43. The second-order valence-corrected chi connectivity index (χ2v) is 5.11. The quantitative estimate of drug-likeness (QED) is 0.719. The number of nitrogens with zero attached hydrogens (tertiary/aromatic N) is 2. The summed E-state index contributed by atoms with van der Waals surface area (Å²) in [6.45, 7) is 9.70. The number of likely N-dealkylation sites (N-methyl/N-ethyl adjacent to an activating group) is 1. The van der Waals surface area contributed by atoms with Gasteiger partial charge in [-0.3, -0.25) is 4.90 Å². The van der Waals surface area contributed by atoms with Crippen molar-refractivity contribution in [1.29, 1.82) is 0 Å². The van der Waals surface area contributed by atoms with Crippen LogP contribution in [0.2, 0.25) is 0 Å². The molecule has 0 aromatic rings. The lowest BCUT2D eigenvalue weighted by molar-refractivity contribution is 0.154. The van der Waals surface area contributed by atoms with E-state index in [-0.39, 0.29) is 0 Å². The van der Waals surface area contributed by atoms with Crippen LogP contribution in [0, 0.1) is 5.92 Å². The third-order valence-electron chi connectivity index (χ3n) is 3.88. The van der Waals surface area contributed by atoms with Crippen molar-refractivity contribution >= 4 is 0 Å². The molecule has 2 atom stereocenters. The van der Waals surface area contributed by atoms with Gasteiger partial charge in [-0.2, -0.15) is 0 Å². The van der Waals surface area contributed by atoms with Gasteiger partial charge in [0.15, 0.2) is 0 Å². The van der Waals surface area contributed by atoms with Crippen molar-refractivity contribution in [3.8, 4) is 0 Å². The lowest BCUT2D eigenvalue weighted by Gasteiger charge is -2.32. The first-order chi connectivity index (χ1) is 7.29. The molecule has 0 amide bonds. The molecule has 0 aromatic carbocycles. The molecule has 88 valence electrons. The molecule has 2 aliphatic rings. The van der Waals surface area contributed by atoms with Crippen molar-refractivity contribution < 1.29 is 0 Å². The van der Waals surface area contributed by atoms with Crippen LogP contribution in [-0.2, 0) is 0 Å². The minimum atomic E-state index is 0.850. The molecule has 1 aliphatic heterocycles.